The molecule has 0 aliphatic heterocycles. The predicted molar refractivity (Wildman–Crippen MR) is 147 cm³/mol. The largest absolute Gasteiger partial charge is 0.493 e. The van der Waals surface area contributed by atoms with Crippen molar-refractivity contribution in [3.05, 3.63) is 82.9 Å². The summed E-state index contributed by atoms with van der Waals surface area (Å²) in [5.74, 6) is 1.71. The van der Waals surface area contributed by atoms with E-state index in [0.29, 0.717) is 33.2 Å². The highest BCUT2D eigenvalue weighted by Crippen LogP contribution is 2.29. The third kappa shape index (κ3) is 6.31. The van der Waals surface area contributed by atoms with Crippen molar-refractivity contribution in [2.45, 2.75) is 19.0 Å². The zero-order valence-corrected chi connectivity index (χ0v) is 22.4. The highest BCUT2D eigenvalue weighted by Gasteiger charge is 2.17. The summed E-state index contributed by atoms with van der Waals surface area (Å²) in [4.78, 5) is 12.6. The Labute approximate surface area is 224 Å². The maximum atomic E-state index is 12.6. The number of methoxy groups -OCH3 is 2. The van der Waals surface area contributed by atoms with Gasteiger partial charge in [0.25, 0.3) is 5.91 Å². The Bertz CT molecular complexity index is 1420. The van der Waals surface area contributed by atoms with Crippen molar-refractivity contribution >= 4 is 35.0 Å². The summed E-state index contributed by atoms with van der Waals surface area (Å²) in [6.45, 7) is 3.84. The van der Waals surface area contributed by atoms with Gasteiger partial charge in [0.05, 0.1) is 25.7 Å². The number of thioether (sulfide) groups is 1. The monoisotopic (exact) mass is 535 g/mol. The summed E-state index contributed by atoms with van der Waals surface area (Å²) in [5, 5.41) is 14.2. The fourth-order valence-electron chi connectivity index (χ4n) is 3.51. The van der Waals surface area contributed by atoms with Crippen LogP contribution in [0.15, 0.2) is 77.0 Å². The van der Waals surface area contributed by atoms with Gasteiger partial charge in [-0.2, -0.15) is 5.10 Å². The molecule has 0 bridgehead atoms. The summed E-state index contributed by atoms with van der Waals surface area (Å²) < 4.78 is 12.5. The minimum absolute atomic E-state index is 0.0995. The maximum Gasteiger partial charge on any atom is 0.250 e. The van der Waals surface area contributed by atoms with Crippen molar-refractivity contribution in [1.82, 2.24) is 20.2 Å². The molecule has 0 aliphatic rings. The van der Waals surface area contributed by atoms with E-state index in [9.17, 15) is 4.79 Å². The van der Waals surface area contributed by atoms with Crippen LogP contribution in [0.3, 0.4) is 0 Å². The lowest BCUT2D eigenvalue weighted by molar-refractivity contribution is -0.118. The van der Waals surface area contributed by atoms with E-state index in [1.807, 2.05) is 66.1 Å². The first-order chi connectivity index (χ1) is 17.9. The summed E-state index contributed by atoms with van der Waals surface area (Å²) in [6, 6.07) is 20.9. The molecule has 0 unspecified atom stereocenters. The minimum Gasteiger partial charge on any atom is -0.493 e. The quantitative estimate of drug-likeness (QED) is 0.172. The molecule has 3 aromatic carbocycles. The normalized spacial score (nSPS) is 11.3. The first-order valence-corrected chi connectivity index (χ1v) is 12.7. The molecule has 4 rings (SSSR count). The Morgan fingerprint density at radius 2 is 1.70 bits per heavy atom. The number of benzene rings is 3. The van der Waals surface area contributed by atoms with Crippen LogP contribution in [-0.4, -0.2) is 46.4 Å². The maximum absolute atomic E-state index is 12.6. The number of aromatic nitrogens is 3. The number of nitrogens with zero attached hydrogens (tertiary/aromatic N) is 4. The second-order valence-electron chi connectivity index (χ2n) is 8.07. The number of hydrogen-bond donors (Lipinski definition) is 1. The van der Waals surface area contributed by atoms with E-state index in [1.54, 1.807) is 33.3 Å². The van der Waals surface area contributed by atoms with Gasteiger partial charge in [-0.1, -0.05) is 53.2 Å². The first-order valence-electron chi connectivity index (χ1n) is 11.4. The van der Waals surface area contributed by atoms with E-state index < -0.39 is 0 Å². The lowest BCUT2D eigenvalue weighted by Gasteiger charge is -2.11. The number of amides is 1. The topological polar surface area (TPSA) is 90.6 Å². The van der Waals surface area contributed by atoms with Crippen LogP contribution < -0.4 is 14.9 Å². The number of aryl methyl sites for hydroxylation is 1. The fraction of sp³-hybridized carbons (Fsp3) is 0.185. The summed E-state index contributed by atoms with van der Waals surface area (Å²) in [5.41, 5.74) is 6.95. The van der Waals surface area contributed by atoms with Crippen molar-refractivity contribution in [3.63, 3.8) is 0 Å². The van der Waals surface area contributed by atoms with Crippen molar-refractivity contribution in [2.24, 2.45) is 5.10 Å². The Balaban J connectivity index is 1.51. The Kier molecular flexibility index (Phi) is 8.47. The third-order valence-corrected chi connectivity index (χ3v) is 6.69. The Morgan fingerprint density at radius 3 is 2.38 bits per heavy atom. The number of hydrazone groups is 1. The highest BCUT2D eigenvalue weighted by atomic mass is 35.5. The van der Waals surface area contributed by atoms with Crippen LogP contribution in [0, 0.1) is 6.92 Å². The zero-order chi connectivity index (χ0) is 26.4. The third-order valence-electron chi connectivity index (χ3n) is 5.51. The van der Waals surface area contributed by atoms with E-state index in [1.165, 1.54) is 11.8 Å². The smallest absolute Gasteiger partial charge is 0.250 e. The van der Waals surface area contributed by atoms with Gasteiger partial charge in [0.1, 0.15) is 0 Å². The molecule has 0 fully saturated rings. The van der Waals surface area contributed by atoms with Crippen molar-refractivity contribution in [2.75, 3.05) is 20.0 Å². The molecule has 1 N–H and O–H groups in total. The van der Waals surface area contributed by atoms with Gasteiger partial charge in [-0.25, -0.2) is 5.43 Å². The average Bonchev–Trinajstić information content (AvgIpc) is 3.34. The second kappa shape index (κ2) is 11.9. The first kappa shape index (κ1) is 26.2. The molecule has 37 heavy (non-hydrogen) atoms. The molecule has 0 aliphatic carbocycles. The Hall–Kier alpha value is -3.82. The van der Waals surface area contributed by atoms with E-state index in [2.05, 4.69) is 20.7 Å². The summed E-state index contributed by atoms with van der Waals surface area (Å²) >= 11 is 7.37. The molecule has 1 aromatic heterocycles. The van der Waals surface area contributed by atoms with E-state index in [0.717, 1.165) is 22.4 Å². The van der Waals surface area contributed by atoms with Crippen LogP contribution >= 0.6 is 23.4 Å². The van der Waals surface area contributed by atoms with Gasteiger partial charge in [-0.15, -0.1) is 10.2 Å². The van der Waals surface area contributed by atoms with Gasteiger partial charge < -0.3 is 9.47 Å². The van der Waals surface area contributed by atoms with Gasteiger partial charge in [0.2, 0.25) is 0 Å². The molecule has 190 valence electrons. The standard InChI is InChI=1S/C27H26ClN5O3S/c1-17-5-7-19(8-6-17)26-31-32-27(33(26)22-12-10-21(28)11-13-22)37-16-25(34)30-29-18(2)20-9-14-23(35-3)24(15-20)36-4/h5-15H,16H2,1-4H3,(H,30,34)/b29-18-. The van der Waals surface area contributed by atoms with Crippen LogP contribution in [0.1, 0.15) is 18.1 Å². The van der Waals surface area contributed by atoms with Gasteiger partial charge in [-0.05, 0) is 56.3 Å². The number of carbonyl (C=O) groups excluding carboxylic acids is 1. The summed E-state index contributed by atoms with van der Waals surface area (Å²) in [6.07, 6.45) is 0. The molecule has 0 saturated heterocycles. The van der Waals surface area contributed by atoms with Crippen LogP contribution in [0.5, 0.6) is 11.5 Å². The minimum atomic E-state index is -0.271. The lowest BCUT2D eigenvalue weighted by atomic mass is 10.1. The fourth-order valence-corrected chi connectivity index (χ4v) is 4.38. The average molecular weight is 536 g/mol. The number of hydrogen-bond acceptors (Lipinski definition) is 7. The van der Waals surface area contributed by atoms with Crippen molar-refractivity contribution in [3.8, 4) is 28.6 Å². The van der Waals surface area contributed by atoms with Crippen LogP contribution in [0.25, 0.3) is 17.1 Å². The molecular formula is C27H26ClN5O3S. The lowest BCUT2D eigenvalue weighted by Crippen LogP contribution is -2.21. The molecule has 1 heterocycles. The van der Waals surface area contributed by atoms with Crippen molar-refractivity contribution < 1.29 is 14.3 Å². The Morgan fingerprint density at radius 1 is 1.00 bits per heavy atom. The summed E-state index contributed by atoms with van der Waals surface area (Å²) in [7, 11) is 3.15. The predicted octanol–water partition coefficient (Wildman–Crippen LogP) is 5.55. The van der Waals surface area contributed by atoms with Gasteiger partial charge >= 0.3 is 0 Å². The van der Waals surface area contributed by atoms with Gasteiger partial charge in [0.15, 0.2) is 22.5 Å². The number of carbonyl (C=O) groups is 1. The molecular weight excluding hydrogens is 510 g/mol. The van der Waals surface area contributed by atoms with Crippen LogP contribution in [-0.2, 0) is 4.79 Å². The highest BCUT2D eigenvalue weighted by molar-refractivity contribution is 7.99. The molecule has 10 heteroatoms. The number of halogens is 1. The molecule has 0 saturated carbocycles. The second-order valence-corrected chi connectivity index (χ2v) is 9.45. The van der Waals surface area contributed by atoms with E-state index in [4.69, 9.17) is 21.1 Å². The number of nitrogens with one attached hydrogen (secondary N) is 1. The zero-order valence-electron chi connectivity index (χ0n) is 20.9. The molecule has 1 amide bonds. The molecule has 0 atom stereocenters. The SMILES string of the molecule is COc1ccc(/C(C)=N\NC(=O)CSc2nnc(-c3ccc(C)cc3)n2-c2ccc(Cl)cc2)cc1OC. The van der Waals surface area contributed by atoms with Crippen molar-refractivity contribution in [1.29, 1.82) is 0 Å². The van der Waals surface area contributed by atoms with Crippen LogP contribution in [0.4, 0.5) is 0 Å². The molecule has 0 radical (unpaired) electrons. The van der Waals surface area contributed by atoms with E-state index >= 15 is 0 Å². The molecule has 0 spiro atoms. The number of rotatable bonds is 9. The molecule has 4 aromatic rings. The number of ether oxygens (including phenoxy) is 2. The van der Waals surface area contributed by atoms with Gasteiger partial charge in [-0.3, -0.25) is 9.36 Å². The van der Waals surface area contributed by atoms with Gasteiger partial charge in [0, 0.05) is 21.8 Å². The van der Waals surface area contributed by atoms with E-state index in [-0.39, 0.29) is 11.7 Å². The van der Waals surface area contributed by atoms with Crippen LogP contribution in [0.2, 0.25) is 5.02 Å². The molecule has 8 nitrogen and oxygen atoms in total.